The van der Waals surface area contributed by atoms with Gasteiger partial charge in [0.05, 0.1) is 10.5 Å². The number of aliphatic hydroxyl groups excluding tert-OH is 1. The number of carbonyl (C=O) groups is 1. The number of Topliss-reactive ketones (excluding diaryl/α,β-unsaturated/α-hetero) is 1. The number of nitro benzene ring substituents is 1. The van der Waals surface area contributed by atoms with Crippen LogP contribution in [0.1, 0.15) is 10.4 Å². The maximum absolute atomic E-state index is 11.0. The van der Waals surface area contributed by atoms with Crippen LogP contribution in [0.3, 0.4) is 0 Å². The summed E-state index contributed by atoms with van der Waals surface area (Å²) in [5, 5.41) is 18.9. The van der Waals surface area contributed by atoms with Crippen LogP contribution in [0.5, 0.6) is 0 Å². The Morgan fingerprint density at radius 2 is 2.08 bits per heavy atom. The van der Waals surface area contributed by atoms with Crippen LogP contribution in [0.2, 0.25) is 0 Å². The fourth-order valence-electron chi connectivity index (χ4n) is 0.954. The van der Waals surface area contributed by atoms with Crippen LogP contribution >= 0.6 is 0 Å². The van der Waals surface area contributed by atoms with Crippen molar-refractivity contribution in [1.29, 1.82) is 0 Å². The van der Waals surface area contributed by atoms with E-state index in [9.17, 15) is 14.9 Å². The monoisotopic (exact) mass is 181 g/mol. The zero-order valence-corrected chi connectivity index (χ0v) is 6.64. The first-order valence-corrected chi connectivity index (χ1v) is 3.54. The van der Waals surface area contributed by atoms with Crippen LogP contribution in [0.15, 0.2) is 24.3 Å². The summed E-state index contributed by atoms with van der Waals surface area (Å²) in [5.74, 6) is -0.646. The number of rotatable bonds is 3. The smallest absolute Gasteiger partial charge is 0.280 e. The average molecular weight is 181 g/mol. The summed E-state index contributed by atoms with van der Waals surface area (Å²) in [6.07, 6.45) is 0. The predicted octanol–water partition coefficient (Wildman–Crippen LogP) is 0.770. The molecule has 1 aromatic rings. The van der Waals surface area contributed by atoms with Gasteiger partial charge in [0, 0.05) is 6.07 Å². The number of para-hydroxylation sites is 1. The van der Waals surface area contributed by atoms with Gasteiger partial charge in [-0.1, -0.05) is 12.1 Å². The lowest BCUT2D eigenvalue weighted by atomic mass is 10.1. The van der Waals surface area contributed by atoms with Gasteiger partial charge in [-0.3, -0.25) is 14.9 Å². The Morgan fingerprint density at radius 3 is 2.62 bits per heavy atom. The van der Waals surface area contributed by atoms with Crippen molar-refractivity contribution < 1.29 is 14.8 Å². The quantitative estimate of drug-likeness (QED) is 0.424. The van der Waals surface area contributed by atoms with Crippen LogP contribution in [0.25, 0.3) is 0 Å². The van der Waals surface area contributed by atoms with Crippen LogP contribution < -0.4 is 0 Å². The molecule has 5 heteroatoms. The van der Waals surface area contributed by atoms with Crippen molar-refractivity contribution >= 4 is 11.5 Å². The molecule has 0 radical (unpaired) electrons. The Hall–Kier alpha value is -1.75. The Morgan fingerprint density at radius 1 is 1.46 bits per heavy atom. The fourth-order valence-corrected chi connectivity index (χ4v) is 0.954. The van der Waals surface area contributed by atoms with Crippen molar-refractivity contribution in [2.75, 3.05) is 6.61 Å². The zero-order valence-electron chi connectivity index (χ0n) is 6.64. The standard InChI is InChI=1S/C8H7NO4/c10-5-8(11)6-3-1-2-4-7(6)9(12)13/h1-4,10H,5H2. The Balaban J connectivity index is 3.19. The summed E-state index contributed by atoms with van der Waals surface area (Å²) in [6, 6.07) is 5.52. The molecule has 0 unspecified atom stereocenters. The maximum Gasteiger partial charge on any atom is 0.280 e. The summed E-state index contributed by atoms with van der Waals surface area (Å²) in [4.78, 5) is 20.7. The lowest BCUT2D eigenvalue weighted by Gasteiger charge is -1.97. The zero-order chi connectivity index (χ0) is 9.84. The third kappa shape index (κ3) is 1.88. The lowest BCUT2D eigenvalue weighted by molar-refractivity contribution is -0.385. The molecule has 68 valence electrons. The van der Waals surface area contributed by atoms with E-state index in [1.807, 2.05) is 0 Å². The van der Waals surface area contributed by atoms with E-state index in [1.165, 1.54) is 24.3 Å². The normalized spacial score (nSPS) is 9.62. The van der Waals surface area contributed by atoms with E-state index in [2.05, 4.69) is 0 Å². The molecule has 1 aromatic carbocycles. The molecule has 0 spiro atoms. The second kappa shape index (κ2) is 3.77. The van der Waals surface area contributed by atoms with Gasteiger partial charge in [0.2, 0.25) is 0 Å². The van der Waals surface area contributed by atoms with Crippen LogP contribution in [0.4, 0.5) is 5.69 Å². The molecule has 0 amide bonds. The molecule has 1 rings (SSSR count). The highest BCUT2D eigenvalue weighted by atomic mass is 16.6. The largest absolute Gasteiger partial charge is 0.388 e. The summed E-state index contributed by atoms with van der Waals surface area (Å²) in [7, 11) is 0. The highest BCUT2D eigenvalue weighted by Crippen LogP contribution is 2.17. The second-order valence-electron chi connectivity index (χ2n) is 2.36. The number of aliphatic hydroxyl groups is 1. The Labute approximate surface area is 73.8 Å². The Bertz CT molecular complexity index is 348. The van der Waals surface area contributed by atoms with Crippen molar-refractivity contribution in [2.45, 2.75) is 0 Å². The van der Waals surface area contributed by atoms with Crippen LogP contribution in [-0.2, 0) is 0 Å². The Kier molecular flexibility index (Phi) is 2.71. The van der Waals surface area contributed by atoms with E-state index in [1.54, 1.807) is 0 Å². The molecule has 0 saturated heterocycles. The minimum absolute atomic E-state index is 0.0602. The minimum Gasteiger partial charge on any atom is -0.388 e. The van der Waals surface area contributed by atoms with E-state index >= 15 is 0 Å². The van der Waals surface area contributed by atoms with Crippen molar-refractivity contribution in [3.8, 4) is 0 Å². The SMILES string of the molecule is O=C(CO)c1ccccc1[N+](=O)[O-]. The first kappa shape index (κ1) is 9.34. The number of nitrogens with zero attached hydrogens (tertiary/aromatic N) is 1. The number of nitro groups is 1. The van der Waals surface area contributed by atoms with Gasteiger partial charge in [-0.2, -0.15) is 0 Å². The van der Waals surface area contributed by atoms with Gasteiger partial charge in [0.25, 0.3) is 5.69 Å². The highest BCUT2D eigenvalue weighted by molar-refractivity contribution is 6.00. The second-order valence-corrected chi connectivity index (χ2v) is 2.36. The molecule has 5 nitrogen and oxygen atoms in total. The summed E-state index contributed by atoms with van der Waals surface area (Å²) in [5.41, 5.74) is -0.337. The predicted molar refractivity (Wildman–Crippen MR) is 44.5 cm³/mol. The van der Waals surface area contributed by atoms with Gasteiger partial charge in [-0.25, -0.2) is 0 Å². The van der Waals surface area contributed by atoms with E-state index < -0.39 is 17.3 Å². The summed E-state index contributed by atoms with van der Waals surface area (Å²) in [6.45, 7) is -0.717. The molecule has 0 fully saturated rings. The first-order valence-electron chi connectivity index (χ1n) is 3.54. The molecule has 0 heterocycles. The van der Waals surface area contributed by atoms with E-state index in [0.29, 0.717) is 0 Å². The van der Waals surface area contributed by atoms with Gasteiger partial charge in [-0.05, 0) is 6.07 Å². The molecule has 1 N–H and O–H groups in total. The topological polar surface area (TPSA) is 80.4 Å². The lowest BCUT2D eigenvalue weighted by Crippen LogP contribution is -2.07. The molecule has 0 aliphatic rings. The van der Waals surface area contributed by atoms with Crippen molar-refractivity contribution in [1.82, 2.24) is 0 Å². The van der Waals surface area contributed by atoms with Gasteiger partial charge in [0.1, 0.15) is 6.61 Å². The molecule has 0 aliphatic carbocycles. The van der Waals surface area contributed by atoms with Gasteiger partial charge in [-0.15, -0.1) is 0 Å². The number of benzene rings is 1. The molecular weight excluding hydrogens is 174 g/mol. The number of hydrogen-bond donors (Lipinski definition) is 1. The minimum atomic E-state index is -0.717. The van der Waals surface area contributed by atoms with Crippen molar-refractivity contribution in [3.63, 3.8) is 0 Å². The van der Waals surface area contributed by atoms with Crippen molar-refractivity contribution in [3.05, 3.63) is 39.9 Å². The van der Waals surface area contributed by atoms with Crippen molar-refractivity contribution in [2.24, 2.45) is 0 Å². The van der Waals surface area contributed by atoms with Gasteiger partial charge in [0.15, 0.2) is 5.78 Å². The molecule has 0 atom stereocenters. The average Bonchev–Trinajstić information content (AvgIpc) is 2.16. The van der Waals surface area contributed by atoms with Crippen LogP contribution in [0, 0.1) is 10.1 Å². The summed E-state index contributed by atoms with van der Waals surface area (Å²) >= 11 is 0. The van der Waals surface area contributed by atoms with Gasteiger partial charge >= 0.3 is 0 Å². The maximum atomic E-state index is 11.0. The number of ketones is 1. The third-order valence-corrected chi connectivity index (χ3v) is 1.54. The molecule has 0 aliphatic heterocycles. The number of carbonyl (C=O) groups excluding carboxylic acids is 1. The molecule has 0 saturated carbocycles. The molecule has 0 bridgehead atoms. The van der Waals surface area contributed by atoms with E-state index in [0.717, 1.165) is 0 Å². The van der Waals surface area contributed by atoms with E-state index in [4.69, 9.17) is 5.11 Å². The van der Waals surface area contributed by atoms with E-state index in [-0.39, 0.29) is 11.3 Å². The molecular formula is C8H7NO4. The molecule has 0 aromatic heterocycles. The fraction of sp³-hybridized carbons (Fsp3) is 0.125. The number of hydrogen-bond acceptors (Lipinski definition) is 4. The van der Waals surface area contributed by atoms with Crippen LogP contribution in [-0.4, -0.2) is 22.4 Å². The highest BCUT2D eigenvalue weighted by Gasteiger charge is 2.17. The third-order valence-electron chi connectivity index (χ3n) is 1.54. The summed E-state index contributed by atoms with van der Waals surface area (Å²) < 4.78 is 0. The van der Waals surface area contributed by atoms with Gasteiger partial charge < -0.3 is 5.11 Å². The molecule has 13 heavy (non-hydrogen) atoms. The first-order chi connectivity index (χ1) is 6.16.